The first kappa shape index (κ1) is 35.7. The zero-order valence-electron chi connectivity index (χ0n) is 24.6. The Hall–Kier alpha value is -5.53. The molecule has 2 aromatic carbocycles. The van der Waals surface area contributed by atoms with Gasteiger partial charge in [-0.25, -0.2) is 24.0 Å². The van der Waals surface area contributed by atoms with Crippen molar-refractivity contribution in [1.29, 1.82) is 0 Å². The number of esters is 3. The predicted octanol–water partition coefficient (Wildman–Crippen LogP) is 2.97. The molecule has 0 aliphatic carbocycles. The highest BCUT2D eigenvalue weighted by molar-refractivity contribution is 5.89. The van der Waals surface area contributed by atoms with Gasteiger partial charge in [0.05, 0.1) is 31.9 Å². The summed E-state index contributed by atoms with van der Waals surface area (Å²) in [4.78, 5) is 58.5. The second-order valence-electron chi connectivity index (χ2n) is 8.71. The smallest absolute Gasteiger partial charge is 0.407 e. The molecular weight excluding hydrogens is 592 g/mol. The largest absolute Gasteiger partial charge is 0.493 e. The number of amides is 2. The first-order valence-electron chi connectivity index (χ1n) is 13.8. The van der Waals surface area contributed by atoms with Crippen LogP contribution in [0.2, 0.25) is 0 Å². The first-order valence-corrected chi connectivity index (χ1v) is 13.8. The van der Waals surface area contributed by atoms with E-state index in [4.69, 9.17) is 33.2 Å². The molecule has 0 aromatic heterocycles. The molecule has 2 rings (SSSR count). The molecular formula is C31H36N2O12. The molecule has 1 unspecified atom stereocenters. The highest BCUT2D eigenvalue weighted by atomic mass is 16.6. The minimum absolute atomic E-state index is 0.00122. The minimum Gasteiger partial charge on any atom is -0.493 e. The summed E-state index contributed by atoms with van der Waals surface area (Å²) in [5.41, 5.74) is 0.234. The zero-order chi connectivity index (χ0) is 32.7. The number of hydrogen-bond acceptors (Lipinski definition) is 12. The molecule has 14 heteroatoms. The van der Waals surface area contributed by atoms with Gasteiger partial charge in [0.1, 0.15) is 37.9 Å². The number of carbonyl (C=O) groups excluding carboxylic acids is 5. The molecule has 14 nitrogen and oxygen atoms in total. The highest BCUT2D eigenvalue weighted by Gasteiger charge is 2.19. The summed E-state index contributed by atoms with van der Waals surface area (Å²) in [7, 11) is 0. The van der Waals surface area contributed by atoms with Crippen molar-refractivity contribution < 1.29 is 57.1 Å². The van der Waals surface area contributed by atoms with Gasteiger partial charge in [0.2, 0.25) is 0 Å². The van der Waals surface area contributed by atoms with Gasteiger partial charge < -0.3 is 43.8 Å². The van der Waals surface area contributed by atoms with E-state index in [1.54, 1.807) is 36.4 Å². The highest BCUT2D eigenvalue weighted by Crippen LogP contribution is 2.14. The molecule has 0 saturated carbocycles. The van der Waals surface area contributed by atoms with Crippen LogP contribution in [0.1, 0.15) is 16.8 Å². The maximum Gasteiger partial charge on any atom is 0.407 e. The molecule has 0 aliphatic rings. The van der Waals surface area contributed by atoms with Crippen molar-refractivity contribution in [3.63, 3.8) is 0 Å². The average molecular weight is 629 g/mol. The number of para-hydroxylation sites is 1. The van der Waals surface area contributed by atoms with Gasteiger partial charge in [0, 0.05) is 18.6 Å². The number of alkyl carbamates (subject to hydrolysis) is 2. The molecule has 0 heterocycles. The van der Waals surface area contributed by atoms with Crippen molar-refractivity contribution in [2.24, 2.45) is 0 Å². The van der Waals surface area contributed by atoms with Gasteiger partial charge in [-0.2, -0.15) is 0 Å². The van der Waals surface area contributed by atoms with E-state index in [2.05, 4.69) is 23.8 Å². The van der Waals surface area contributed by atoms with Crippen LogP contribution in [0.5, 0.6) is 11.5 Å². The van der Waals surface area contributed by atoms with Crippen LogP contribution in [0.3, 0.4) is 0 Å². The topological polar surface area (TPSA) is 174 Å². The van der Waals surface area contributed by atoms with E-state index in [1.165, 1.54) is 12.1 Å². The summed E-state index contributed by atoms with van der Waals surface area (Å²) >= 11 is 0. The zero-order valence-corrected chi connectivity index (χ0v) is 24.6. The molecule has 2 N–H and O–H groups in total. The van der Waals surface area contributed by atoms with Gasteiger partial charge in [-0.3, -0.25) is 0 Å². The number of nitrogens with one attached hydrogen (secondary N) is 2. The third-order valence-corrected chi connectivity index (χ3v) is 5.30. The lowest BCUT2D eigenvalue weighted by atomic mass is 10.2. The molecule has 242 valence electrons. The molecule has 0 bridgehead atoms. The summed E-state index contributed by atoms with van der Waals surface area (Å²) in [5.74, 6) is -0.858. The van der Waals surface area contributed by atoms with E-state index in [9.17, 15) is 24.0 Å². The Balaban J connectivity index is 1.74. The summed E-state index contributed by atoms with van der Waals surface area (Å²) in [6.45, 7) is 6.51. The number of ether oxygens (including phenoxy) is 7. The quantitative estimate of drug-likeness (QED) is 0.0951. The Kier molecular flexibility index (Phi) is 16.8. The number of hydrogen-bond donors (Lipinski definition) is 2. The lowest BCUT2D eigenvalue weighted by molar-refractivity contribution is -0.138. The second kappa shape index (κ2) is 21.2. The first-order chi connectivity index (χ1) is 21.8. The van der Waals surface area contributed by atoms with Crippen LogP contribution in [-0.2, 0) is 33.3 Å². The maximum atomic E-state index is 12.6. The Morgan fingerprint density at radius 3 is 1.87 bits per heavy atom. The standard InChI is InChI=1S/C31H36N2O12/c1-3-27(34)40-19-15-32-30(37)42-18-8-17-39-25-13-11-23(12-14-25)29(36)44-22-26(21-43-24-9-6-5-7-10-24)45-31(38)33-16-20-41-28(35)4-2/h3-7,9-14,26H,1-2,8,15-22H2,(H,32,37)(H,33,38). The monoisotopic (exact) mass is 628 g/mol. The van der Waals surface area contributed by atoms with E-state index >= 15 is 0 Å². The van der Waals surface area contributed by atoms with Crippen molar-refractivity contribution in [2.75, 3.05) is 52.7 Å². The minimum atomic E-state index is -0.952. The normalized spacial score (nSPS) is 10.7. The van der Waals surface area contributed by atoms with Crippen LogP contribution < -0.4 is 20.1 Å². The van der Waals surface area contributed by atoms with Gasteiger partial charge in [0.25, 0.3) is 0 Å². The average Bonchev–Trinajstić information content (AvgIpc) is 3.06. The van der Waals surface area contributed by atoms with Crippen molar-refractivity contribution in [3.8, 4) is 11.5 Å². The molecule has 2 aromatic rings. The van der Waals surface area contributed by atoms with Crippen LogP contribution in [-0.4, -0.2) is 88.9 Å². The Bertz CT molecular complexity index is 1250. The maximum absolute atomic E-state index is 12.6. The second-order valence-corrected chi connectivity index (χ2v) is 8.71. The summed E-state index contributed by atoms with van der Waals surface area (Å²) in [6, 6.07) is 15.0. The van der Waals surface area contributed by atoms with Crippen molar-refractivity contribution in [2.45, 2.75) is 12.5 Å². The van der Waals surface area contributed by atoms with Gasteiger partial charge in [-0.1, -0.05) is 31.4 Å². The van der Waals surface area contributed by atoms with E-state index in [1.807, 2.05) is 6.07 Å². The number of carbonyl (C=O) groups is 5. The molecule has 1 atom stereocenters. The fourth-order valence-corrected chi connectivity index (χ4v) is 3.15. The Labute approximate surface area is 260 Å². The fourth-order valence-electron chi connectivity index (χ4n) is 3.15. The summed E-state index contributed by atoms with van der Waals surface area (Å²) in [5, 5.41) is 4.87. The van der Waals surface area contributed by atoms with Crippen LogP contribution >= 0.6 is 0 Å². The van der Waals surface area contributed by atoms with Crippen molar-refractivity contribution in [3.05, 3.63) is 85.5 Å². The van der Waals surface area contributed by atoms with Crippen LogP contribution in [0.25, 0.3) is 0 Å². The number of benzene rings is 2. The molecule has 0 radical (unpaired) electrons. The Morgan fingerprint density at radius 2 is 1.24 bits per heavy atom. The number of rotatable bonds is 20. The van der Waals surface area contributed by atoms with E-state index < -0.39 is 36.2 Å². The lowest BCUT2D eigenvalue weighted by Gasteiger charge is -2.19. The van der Waals surface area contributed by atoms with E-state index in [0.717, 1.165) is 12.2 Å². The predicted molar refractivity (Wildman–Crippen MR) is 159 cm³/mol. The van der Waals surface area contributed by atoms with Crippen LogP contribution in [0.15, 0.2) is 79.9 Å². The molecule has 45 heavy (non-hydrogen) atoms. The molecule has 2 amide bonds. The molecule has 0 spiro atoms. The SMILES string of the molecule is C=CC(=O)OCCNC(=O)OCCCOc1ccc(C(=O)OCC(COc2ccccc2)OC(=O)NCCOC(=O)C=C)cc1. The molecule has 0 aliphatic heterocycles. The Morgan fingerprint density at radius 1 is 0.644 bits per heavy atom. The summed E-state index contributed by atoms with van der Waals surface area (Å²) in [6.07, 6.45) is 0.00891. The summed E-state index contributed by atoms with van der Waals surface area (Å²) < 4.78 is 36.4. The van der Waals surface area contributed by atoms with Gasteiger partial charge in [0.15, 0.2) is 6.10 Å². The molecule has 0 saturated heterocycles. The van der Waals surface area contributed by atoms with Crippen molar-refractivity contribution in [1.82, 2.24) is 10.6 Å². The van der Waals surface area contributed by atoms with Gasteiger partial charge in [-0.15, -0.1) is 0 Å². The van der Waals surface area contributed by atoms with Gasteiger partial charge in [-0.05, 0) is 36.4 Å². The molecule has 0 fully saturated rings. The third kappa shape index (κ3) is 16.0. The van der Waals surface area contributed by atoms with Gasteiger partial charge >= 0.3 is 30.1 Å². The van der Waals surface area contributed by atoms with Crippen LogP contribution in [0, 0.1) is 0 Å². The van der Waals surface area contributed by atoms with E-state index in [-0.39, 0.29) is 58.3 Å². The van der Waals surface area contributed by atoms with E-state index in [0.29, 0.717) is 17.9 Å². The fraction of sp³-hybridized carbons (Fsp3) is 0.323. The van der Waals surface area contributed by atoms with Crippen molar-refractivity contribution >= 4 is 30.1 Å². The van der Waals surface area contributed by atoms with Crippen LogP contribution in [0.4, 0.5) is 9.59 Å². The lowest BCUT2D eigenvalue weighted by Crippen LogP contribution is -2.36. The third-order valence-electron chi connectivity index (χ3n) is 5.30.